The Morgan fingerprint density at radius 1 is 0.913 bits per heavy atom. The largest absolute Gasteiger partial charge is 0.416 e. The monoisotopic (exact) mass is 341 g/mol. The van der Waals surface area contributed by atoms with E-state index in [0.717, 1.165) is 35.4 Å². The van der Waals surface area contributed by atoms with E-state index in [1.807, 2.05) is 24.3 Å². The van der Waals surface area contributed by atoms with E-state index >= 15 is 0 Å². The van der Waals surface area contributed by atoms with Crippen molar-refractivity contribution >= 4 is 10.0 Å². The molecule has 0 aromatic heterocycles. The third-order valence-electron chi connectivity index (χ3n) is 3.86. The number of sulfonamides is 1. The van der Waals surface area contributed by atoms with Crippen LogP contribution in [0.5, 0.6) is 0 Å². The van der Waals surface area contributed by atoms with E-state index in [2.05, 4.69) is 4.72 Å². The standard InChI is InChI=1S/C16H14F3NO2S/c17-16(18,19)13-5-7-15(8-6-13)23(21,22)20-14-9-11-3-1-2-4-12(11)10-14/h1-8,14,20H,9-10H2. The summed E-state index contributed by atoms with van der Waals surface area (Å²) in [5.74, 6) is 0. The molecule has 1 N–H and O–H groups in total. The minimum absolute atomic E-state index is 0.165. The second-order valence-corrected chi connectivity index (χ2v) is 7.23. The normalized spacial score (nSPS) is 15.6. The third-order valence-corrected chi connectivity index (χ3v) is 5.40. The highest BCUT2D eigenvalue weighted by molar-refractivity contribution is 7.89. The van der Waals surface area contributed by atoms with Gasteiger partial charge in [0.05, 0.1) is 10.5 Å². The van der Waals surface area contributed by atoms with Gasteiger partial charge < -0.3 is 0 Å². The molecule has 3 nitrogen and oxygen atoms in total. The van der Waals surface area contributed by atoms with Crippen LogP contribution in [0.2, 0.25) is 0 Å². The first-order valence-electron chi connectivity index (χ1n) is 7.02. The van der Waals surface area contributed by atoms with Crippen LogP contribution in [-0.2, 0) is 29.0 Å². The Morgan fingerprint density at radius 2 is 1.43 bits per heavy atom. The number of rotatable bonds is 3. The smallest absolute Gasteiger partial charge is 0.207 e. The van der Waals surface area contributed by atoms with Gasteiger partial charge in [0.2, 0.25) is 10.0 Å². The highest BCUT2D eigenvalue weighted by Gasteiger charge is 2.31. The lowest BCUT2D eigenvalue weighted by atomic mass is 10.1. The van der Waals surface area contributed by atoms with Crippen molar-refractivity contribution < 1.29 is 21.6 Å². The van der Waals surface area contributed by atoms with Gasteiger partial charge in [-0.25, -0.2) is 13.1 Å². The number of fused-ring (bicyclic) bond motifs is 1. The lowest BCUT2D eigenvalue weighted by Gasteiger charge is -2.13. The van der Waals surface area contributed by atoms with Gasteiger partial charge in [-0.1, -0.05) is 24.3 Å². The molecule has 2 aromatic rings. The average molecular weight is 341 g/mol. The molecule has 0 amide bonds. The summed E-state index contributed by atoms with van der Waals surface area (Å²) in [4.78, 5) is -0.165. The summed E-state index contributed by atoms with van der Waals surface area (Å²) in [5.41, 5.74) is 1.31. The molecule has 0 saturated carbocycles. The van der Waals surface area contributed by atoms with Crippen LogP contribution >= 0.6 is 0 Å². The van der Waals surface area contributed by atoms with Crippen LogP contribution in [0, 0.1) is 0 Å². The molecule has 0 radical (unpaired) electrons. The number of hydrogen-bond acceptors (Lipinski definition) is 2. The summed E-state index contributed by atoms with van der Waals surface area (Å²) in [6, 6.07) is 10.9. The molecule has 0 atom stereocenters. The molecule has 122 valence electrons. The van der Waals surface area contributed by atoms with E-state index in [1.165, 1.54) is 0 Å². The zero-order chi connectivity index (χ0) is 16.7. The van der Waals surface area contributed by atoms with Crippen molar-refractivity contribution in [3.63, 3.8) is 0 Å². The molecular weight excluding hydrogens is 327 g/mol. The van der Waals surface area contributed by atoms with E-state index in [4.69, 9.17) is 0 Å². The van der Waals surface area contributed by atoms with Crippen LogP contribution in [0.15, 0.2) is 53.4 Å². The number of nitrogens with one attached hydrogen (secondary N) is 1. The van der Waals surface area contributed by atoms with Crippen molar-refractivity contribution in [1.29, 1.82) is 0 Å². The van der Waals surface area contributed by atoms with Crippen molar-refractivity contribution in [3.8, 4) is 0 Å². The Kier molecular flexibility index (Phi) is 3.93. The lowest BCUT2D eigenvalue weighted by Crippen LogP contribution is -2.35. The first kappa shape index (κ1) is 16.0. The van der Waals surface area contributed by atoms with Crippen LogP contribution < -0.4 is 4.72 Å². The SMILES string of the molecule is O=S(=O)(NC1Cc2ccccc2C1)c1ccc(C(F)(F)F)cc1. The van der Waals surface area contributed by atoms with Crippen molar-refractivity contribution in [2.75, 3.05) is 0 Å². The first-order valence-corrected chi connectivity index (χ1v) is 8.50. The summed E-state index contributed by atoms with van der Waals surface area (Å²) >= 11 is 0. The summed E-state index contributed by atoms with van der Waals surface area (Å²) in [7, 11) is -3.84. The van der Waals surface area contributed by atoms with Crippen LogP contribution in [0.1, 0.15) is 16.7 Å². The topological polar surface area (TPSA) is 46.2 Å². The maximum Gasteiger partial charge on any atom is 0.416 e. The number of hydrogen-bond donors (Lipinski definition) is 1. The second kappa shape index (κ2) is 5.65. The van der Waals surface area contributed by atoms with Crippen LogP contribution in [-0.4, -0.2) is 14.5 Å². The molecule has 3 rings (SSSR count). The van der Waals surface area contributed by atoms with Gasteiger partial charge in [0.15, 0.2) is 0 Å². The molecule has 0 heterocycles. The van der Waals surface area contributed by atoms with E-state index in [1.54, 1.807) is 0 Å². The number of halogens is 3. The zero-order valence-electron chi connectivity index (χ0n) is 12.0. The van der Waals surface area contributed by atoms with Crippen molar-refractivity contribution in [3.05, 3.63) is 65.2 Å². The van der Waals surface area contributed by atoms with Crippen LogP contribution in [0.25, 0.3) is 0 Å². The Hall–Kier alpha value is -1.86. The molecule has 0 unspecified atom stereocenters. The lowest BCUT2D eigenvalue weighted by molar-refractivity contribution is -0.137. The fraction of sp³-hybridized carbons (Fsp3) is 0.250. The van der Waals surface area contributed by atoms with Gasteiger partial charge in [0.1, 0.15) is 0 Å². The van der Waals surface area contributed by atoms with Crippen LogP contribution in [0.3, 0.4) is 0 Å². The molecule has 0 aliphatic heterocycles. The fourth-order valence-electron chi connectivity index (χ4n) is 2.75. The Morgan fingerprint density at radius 3 is 1.91 bits per heavy atom. The maximum absolute atomic E-state index is 12.5. The van der Waals surface area contributed by atoms with Crippen molar-refractivity contribution in [1.82, 2.24) is 4.72 Å². The van der Waals surface area contributed by atoms with Gasteiger partial charge in [-0.2, -0.15) is 13.2 Å². The minimum Gasteiger partial charge on any atom is -0.207 e. The van der Waals surface area contributed by atoms with Gasteiger partial charge >= 0.3 is 6.18 Å². The molecule has 7 heteroatoms. The maximum atomic E-state index is 12.5. The molecule has 0 spiro atoms. The molecule has 0 saturated heterocycles. The zero-order valence-corrected chi connectivity index (χ0v) is 12.8. The number of alkyl halides is 3. The van der Waals surface area contributed by atoms with E-state index in [-0.39, 0.29) is 10.9 Å². The highest BCUT2D eigenvalue weighted by atomic mass is 32.2. The third kappa shape index (κ3) is 3.40. The predicted octanol–water partition coefficient (Wildman–Crippen LogP) is 3.15. The van der Waals surface area contributed by atoms with Crippen molar-refractivity contribution in [2.45, 2.75) is 30.0 Å². The van der Waals surface area contributed by atoms with Gasteiger partial charge in [0.25, 0.3) is 0 Å². The van der Waals surface area contributed by atoms with Crippen molar-refractivity contribution in [2.24, 2.45) is 0 Å². The summed E-state index contributed by atoms with van der Waals surface area (Å²) in [5, 5.41) is 0. The molecular formula is C16H14F3NO2S. The summed E-state index contributed by atoms with van der Waals surface area (Å²) < 4.78 is 64.8. The fourth-order valence-corrected chi connectivity index (χ4v) is 3.99. The van der Waals surface area contributed by atoms with E-state index in [0.29, 0.717) is 12.8 Å². The second-order valence-electron chi connectivity index (χ2n) is 5.52. The summed E-state index contributed by atoms with van der Waals surface area (Å²) in [6.45, 7) is 0. The van der Waals surface area contributed by atoms with Gasteiger partial charge in [-0.15, -0.1) is 0 Å². The Labute approximate surface area is 132 Å². The summed E-state index contributed by atoms with van der Waals surface area (Å²) in [6.07, 6.45) is -3.32. The average Bonchev–Trinajstić information content (AvgIpc) is 2.87. The number of benzene rings is 2. The van der Waals surface area contributed by atoms with Gasteiger partial charge in [-0.3, -0.25) is 0 Å². The predicted molar refractivity (Wildman–Crippen MR) is 79.4 cm³/mol. The quantitative estimate of drug-likeness (QED) is 0.932. The van der Waals surface area contributed by atoms with Gasteiger partial charge in [0, 0.05) is 6.04 Å². The Balaban J connectivity index is 1.76. The molecule has 1 aliphatic rings. The van der Waals surface area contributed by atoms with E-state index in [9.17, 15) is 21.6 Å². The van der Waals surface area contributed by atoms with E-state index < -0.39 is 21.8 Å². The van der Waals surface area contributed by atoms with Gasteiger partial charge in [-0.05, 0) is 48.2 Å². The first-order chi connectivity index (χ1) is 10.8. The molecule has 0 bridgehead atoms. The molecule has 0 fully saturated rings. The minimum atomic E-state index is -4.48. The van der Waals surface area contributed by atoms with Crippen LogP contribution in [0.4, 0.5) is 13.2 Å². The molecule has 2 aromatic carbocycles. The molecule has 1 aliphatic carbocycles. The molecule has 23 heavy (non-hydrogen) atoms. The Bertz CT molecular complexity index is 789. The highest BCUT2D eigenvalue weighted by Crippen LogP contribution is 2.30.